The fourth-order valence-corrected chi connectivity index (χ4v) is 1.81. The van der Waals surface area contributed by atoms with Gasteiger partial charge >= 0.3 is 5.69 Å². The lowest BCUT2D eigenvalue weighted by molar-refractivity contribution is -0.385. The molecule has 0 radical (unpaired) electrons. The molecule has 0 fully saturated rings. The van der Waals surface area contributed by atoms with Gasteiger partial charge in [-0.25, -0.2) is 0 Å². The van der Waals surface area contributed by atoms with Crippen LogP contribution < -0.4 is 4.74 Å². The number of nitro benzene ring substituents is 1. The minimum atomic E-state index is -0.553. The van der Waals surface area contributed by atoms with Crippen molar-refractivity contribution in [1.29, 1.82) is 0 Å². The molecular weight excluding hydrogens is 272 g/mol. The van der Waals surface area contributed by atoms with Gasteiger partial charge in [0.1, 0.15) is 0 Å². The molecule has 0 unspecified atom stereocenters. The highest BCUT2D eigenvalue weighted by Crippen LogP contribution is 2.28. The Morgan fingerprint density at radius 1 is 1.33 bits per heavy atom. The van der Waals surface area contributed by atoms with E-state index < -0.39 is 4.92 Å². The molecule has 1 heterocycles. The molecule has 0 aliphatic heterocycles. The van der Waals surface area contributed by atoms with E-state index in [1.54, 1.807) is 6.20 Å². The lowest BCUT2D eigenvalue weighted by atomic mass is 10.1. The molecule has 0 bridgehead atoms. The van der Waals surface area contributed by atoms with Crippen LogP contribution in [0.2, 0.25) is 0 Å². The van der Waals surface area contributed by atoms with Crippen LogP contribution in [0.15, 0.2) is 42.6 Å². The Kier molecular flexibility index (Phi) is 4.61. The number of nitro groups is 1. The van der Waals surface area contributed by atoms with Crippen LogP contribution in [0.25, 0.3) is 0 Å². The van der Waals surface area contributed by atoms with Gasteiger partial charge in [0, 0.05) is 29.9 Å². The molecule has 2 rings (SSSR count). The summed E-state index contributed by atoms with van der Waals surface area (Å²) in [4.78, 5) is 25.9. The quantitative estimate of drug-likeness (QED) is 0.463. The van der Waals surface area contributed by atoms with Crippen LogP contribution in [-0.2, 0) is 6.42 Å². The first-order chi connectivity index (χ1) is 10.1. The molecule has 108 valence electrons. The van der Waals surface area contributed by atoms with Gasteiger partial charge in [-0.15, -0.1) is 0 Å². The zero-order valence-corrected chi connectivity index (χ0v) is 11.5. The monoisotopic (exact) mass is 286 g/mol. The lowest BCUT2D eigenvalue weighted by Gasteiger charge is -2.07. The third-order valence-corrected chi connectivity index (χ3v) is 2.90. The van der Waals surface area contributed by atoms with E-state index in [4.69, 9.17) is 4.74 Å². The number of pyridine rings is 1. The first-order valence-electron chi connectivity index (χ1n) is 6.40. The summed E-state index contributed by atoms with van der Waals surface area (Å²) in [5, 5.41) is 11.0. The maximum absolute atomic E-state index is 11.3. The zero-order chi connectivity index (χ0) is 15.2. The number of Topliss-reactive ketones (excluding diaryl/α,β-unsaturated/α-hetero) is 1. The molecule has 2 aromatic rings. The van der Waals surface area contributed by atoms with E-state index in [2.05, 4.69) is 4.98 Å². The predicted molar refractivity (Wildman–Crippen MR) is 76.5 cm³/mol. The molecule has 1 aromatic carbocycles. The number of hydrogen-bond donors (Lipinski definition) is 0. The maximum Gasteiger partial charge on any atom is 0.311 e. The second-order valence-corrected chi connectivity index (χ2v) is 4.42. The number of rotatable bonds is 6. The Hall–Kier alpha value is -2.76. The van der Waals surface area contributed by atoms with Crippen LogP contribution >= 0.6 is 0 Å². The number of hydrogen-bond acceptors (Lipinski definition) is 5. The van der Waals surface area contributed by atoms with Crippen molar-refractivity contribution < 1.29 is 14.5 Å². The molecule has 0 saturated heterocycles. The summed E-state index contributed by atoms with van der Waals surface area (Å²) in [6.45, 7) is 1.64. The first-order valence-corrected chi connectivity index (χ1v) is 6.40. The van der Waals surface area contributed by atoms with Crippen molar-refractivity contribution in [3.8, 4) is 5.75 Å². The van der Waals surface area contributed by atoms with Crippen LogP contribution in [0.3, 0.4) is 0 Å². The highest BCUT2D eigenvalue weighted by atomic mass is 16.6. The summed E-state index contributed by atoms with van der Waals surface area (Å²) < 4.78 is 5.44. The number of carbonyl (C=O) groups excluding carboxylic acids is 1. The van der Waals surface area contributed by atoms with Crippen LogP contribution in [0, 0.1) is 10.1 Å². The van der Waals surface area contributed by atoms with Crippen molar-refractivity contribution in [3.63, 3.8) is 0 Å². The molecule has 6 heteroatoms. The number of carbonyl (C=O) groups is 1. The summed E-state index contributed by atoms with van der Waals surface area (Å²) in [7, 11) is 0. The molecule has 0 atom stereocenters. The smallest absolute Gasteiger partial charge is 0.311 e. The van der Waals surface area contributed by atoms with E-state index in [0.717, 1.165) is 5.69 Å². The SMILES string of the molecule is CC(=O)c1ccc(OCCc2ccccn2)c([N+](=O)[O-])c1. The standard InChI is InChI=1S/C15H14N2O4/c1-11(18)12-5-6-15(14(10-12)17(19)20)21-9-7-13-4-2-3-8-16-13/h2-6,8,10H,7,9H2,1H3. The van der Waals surface area contributed by atoms with E-state index in [1.165, 1.54) is 25.1 Å². The Balaban J connectivity index is 2.09. The minimum absolute atomic E-state index is 0.154. The summed E-state index contributed by atoms with van der Waals surface area (Å²) >= 11 is 0. The first kappa shape index (κ1) is 14.6. The molecule has 1 aromatic heterocycles. The lowest BCUT2D eigenvalue weighted by Crippen LogP contribution is -2.05. The Morgan fingerprint density at radius 3 is 2.76 bits per heavy atom. The highest BCUT2D eigenvalue weighted by Gasteiger charge is 2.17. The number of nitrogens with zero attached hydrogens (tertiary/aromatic N) is 2. The van der Waals surface area contributed by atoms with Gasteiger partial charge < -0.3 is 4.74 Å². The highest BCUT2D eigenvalue weighted by molar-refractivity contribution is 5.95. The Labute approximate surface area is 121 Å². The number of aromatic nitrogens is 1. The van der Waals surface area contributed by atoms with Crippen LogP contribution in [0.4, 0.5) is 5.69 Å². The molecule has 0 spiro atoms. The summed E-state index contributed by atoms with van der Waals surface area (Å²) in [5.41, 5.74) is 0.933. The zero-order valence-electron chi connectivity index (χ0n) is 11.5. The topological polar surface area (TPSA) is 82.3 Å². The van der Waals surface area contributed by atoms with Gasteiger partial charge in [0.15, 0.2) is 11.5 Å². The third kappa shape index (κ3) is 3.85. The van der Waals surface area contributed by atoms with Crippen LogP contribution in [-0.4, -0.2) is 22.3 Å². The summed E-state index contributed by atoms with van der Waals surface area (Å²) in [6.07, 6.45) is 2.23. The predicted octanol–water partition coefficient (Wildman–Crippen LogP) is 2.81. The van der Waals surface area contributed by atoms with E-state index in [-0.39, 0.29) is 23.8 Å². The molecule has 0 amide bonds. The second-order valence-electron chi connectivity index (χ2n) is 4.42. The van der Waals surface area contributed by atoms with Gasteiger partial charge in [0.05, 0.1) is 11.5 Å². The third-order valence-electron chi connectivity index (χ3n) is 2.90. The Morgan fingerprint density at radius 2 is 2.14 bits per heavy atom. The van der Waals surface area contributed by atoms with E-state index in [1.807, 2.05) is 18.2 Å². The average Bonchev–Trinajstić information content (AvgIpc) is 2.48. The van der Waals surface area contributed by atoms with Crippen LogP contribution in [0.1, 0.15) is 23.0 Å². The van der Waals surface area contributed by atoms with E-state index in [9.17, 15) is 14.9 Å². The average molecular weight is 286 g/mol. The fraction of sp³-hybridized carbons (Fsp3) is 0.200. The number of benzene rings is 1. The molecule has 21 heavy (non-hydrogen) atoms. The molecule has 0 aliphatic carbocycles. The van der Waals surface area contributed by atoms with E-state index in [0.29, 0.717) is 12.0 Å². The van der Waals surface area contributed by atoms with Crippen molar-refractivity contribution in [2.45, 2.75) is 13.3 Å². The van der Waals surface area contributed by atoms with Crippen molar-refractivity contribution in [3.05, 3.63) is 64.0 Å². The fourth-order valence-electron chi connectivity index (χ4n) is 1.81. The van der Waals surface area contributed by atoms with Gasteiger partial charge in [-0.05, 0) is 31.2 Å². The van der Waals surface area contributed by atoms with Crippen molar-refractivity contribution in [1.82, 2.24) is 4.98 Å². The van der Waals surface area contributed by atoms with Gasteiger partial charge in [-0.2, -0.15) is 0 Å². The van der Waals surface area contributed by atoms with Gasteiger partial charge in [0.2, 0.25) is 0 Å². The van der Waals surface area contributed by atoms with Crippen molar-refractivity contribution >= 4 is 11.5 Å². The van der Waals surface area contributed by atoms with Gasteiger partial charge in [-0.3, -0.25) is 19.9 Å². The van der Waals surface area contributed by atoms with Gasteiger partial charge in [0.25, 0.3) is 0 Å². The minimum Gasteiger partial charge on any atom is -0.486 e. The van der Waals surface area contributed by atoms with Crippen molar-refractivity contribution in [2.75, 3.05) is 6.61 Å². The maximum atomic E-state index is 11.3. The normalized spacial score (nSPS) is 10.1. The Bertz CT molecular complexity index is 656. The largest absolute Gasteiger partial charge is 0.486 e. The second kappa shape index (κ2) is 6.60. The van der Waals surface area contributed by atoms with E-state index >= 15 is 0 Å². The molecule has 0 N–H and O–H groups in total. The van der Waals surface area contributed by atoms with Gasteiger partial charge in [-0.1, -0.05) is 6.07 Å². The number of ketones is 1. The molecule has 6 nitrogen and oxygen atoms in total. The molecular formula is C15H14N2O4. The summed E-state index contributed by atoms with van der Waals surface area (Å²) in [5.74, 6) is -0.0703. The molecule has 0 aliphatic rings. The molecule has 0 saturated carbocycles. The van der Waals surface area contributed by atoms with Crippen LogP contribution in [0.5, 0.6) is 5.75 Å². The summed E-state index contributed by atoms with van der Waals surface area (Å²) in [6, 6.07) is 9.75. The number of ether oxygens (including phenoxy) is 1. The van der Waals surface area contributed by atoms with Crippen molar-refractivity contribution in [2.24, 2.45) is 0 Å².